The first-order valence-corrected chi connectivity index (χ1v) is 7.44. The molecule has 0 saturated carbocycles. The van der Waals surface area contributed by atoms with Crippen LogP contribution in [0.15, 0.2) is 28.9 Å². The van der Waals surface area contributed by atoms with E-state index < -0.39 is 0 Å². The Labute approximate surface area is 126 Å². The number of halogens is 2. The third-order valence-electron chi connectivity index (χ3n) is 3.13. The van der Waals surface area contributed by atoms with Crippen molar-refractivity contribution in [2.24, 2.45) is 5.73 Å². The Morgan fingerprint density at radius 1 is 1.47 bits per heavy atom. The number of hydrogen-bond acceptors (Lipinski definition) is 2. The van der Waals surface area contributed by atoms with E-state index in [4.69, 9.17) is 17.3 Å². The summed E-state index contributed by atoms with van der Waals surface area (Å²) >= 11 is 9.58. The number of nitrogens with zero attached hydrogens (tertiary/aromatic N) is 2. The van der Waals surface area contributed by atoms with Gasteiger partial charge in [-0.15, -0.1) is 0 Å². The molecule has 0 radical (unpaired) electrons. The van der Waals surface area contributed by atoms with Gasteiger partial charge in [-0.2, -0.15) is 5.10 Å². The van der Waals surface area contributed by atoms with Crippen LogP contribution in [-0.4, -0.2) is 15.8 Å². The van der Waals surface area contributed by atoms with Crippen LogP contribution in [0.25, 0.3) is 5.69 Å². The molecular weight excluding hydrogens is 326 g/mol. The van der Waals surface area contributed by atoms with Crippen LogP contribution in [0.4, 0.5) is 0 Å². The second kappa shape index (κ2) is 6.07. The molecule has 1 aromatic heterocycles. The Kier molecular flexibility index (Phi) is 4.66. The number of aryl methyl sites for hydroxylation is 1. The second-order valence-electron chi connectivity index (χ2n) is 4.65. The zero-order valence-corrected chi connectivity index (χ0v) is 13.4. The molecular formula is C14H17BrClN3. The van der Waals surface area contributed by atoms with Crippen LogP contribution in [0.3, 0.4) is 0 Å². The summed E-state index contributed by atoms with van der Waals surface area (Å²) in [4.78, 5) is 0. The normalized spacial score (nSPS) is 12.7. The lowest BCUT2D eigenvalue weighted by atomic mass is 10.0. The van der Waals surface area contributed by atoms with E-state index in [2.05, 4.69) is 34.0 Å². The van der Waals surface area contributed by atoms with Crippen molar-refractivity contribution in [3.63, 3.8) is 0 Å². The molecule has 0 aliphatic carbocycles. The standard InChI is InChI=1S/C14H17BrClN3/c1-3-12(17)7-10-6-11(15)4-5-14(10)19-8-13(16)9(2)18-19/h4-6,8,12H,3,7,17H2,1-2H3. The van der Waals surface area contributed by atoms with Crippen molar-refractivity contribution in [3.05, 3.63) is 45.1 Å². The van der Waals surface area contributed by atoms with Crippen LogP contribution >= 0.6 is 27.5 Å². The summed E-state index contributed by atoms with van der Waals surface area (Å²) in [7, 11) is 0. The molecule has 0 aliphatic rings. The molecule has 0 fully saturated rings. The first-order valence-electron chi connectivity index (χ1n) is 6.27. The predicted octanol–water partition coefficient (Wildman–Crippen LogP) is 3.88. The van der Waals surface area contributed by atoms with Gasteiger partial charge in [0.15, 0.2) is 0 Å². The summed E-state index contributed by atoms with van der Waals surface area (Å²) in [5, 5.41) is 5.11. The average Bonchev–Trinajstić information content (AvgIpc) is 2.69. The van der Waals surface area contributed by atoms with E-state index in [9.17, 15) is 0 Å². The van der Waals surface area contributed by atoms with Gasteiger partial charge in [0, 0.05) is 16.7 Å². The molecule has 19 heavy (non-hydrogen) atoms. The molecule has 2 rings (SSSR count). The Bertz CT molecular complexity index is 561. The summed E-state index contributed by atoms with van der Waals surface area (Å²) in [5.74, 6) is 0. The lowest BCUT2D eigenvalue weighted by molar-refractivity contribution is 0.642. The highest BCUT2D eigenvalue weighted by molar-refractivity contribution is 9.10. The van der Waals surface area contributed by atoms with Gasteiger partial charge in [0.25, 0.3) is 0 Å². The average molecular weight is 343 g/mol. The van der Waals surface area contributed by atoms with Gasteiger partial charge in [0.05, 0.1) is 16.4 Å². The molecule has 1 aromatic carbocycles. The molecule has 3 nitrogen and oxygen atoms in total. The highest BCUT2D eigenvalue weighted by Crippen LogP contribution is 2.23. The monoisotopic (exact) mass is 341 g/mol. The van der Waals surface area contributed by atoms with Crippen molar-refractivity contribution in [2.75, 3.05) is 0 Å². The molecule has 0 bridgehead atoms. The fraction of sp³-hybridized carbons (Fsp3) is 0.357. The minimum Gasteiger partial charge on any atom is -0.327 e. The van der Waals surface area contributed by atoms with Crippen molar-refractivity contribution in [1.29, 1.82) is 0 Å². The Balaban J connectivity index is 2.44. The summed E-state index contributed by atoms with van der Waals surface area (Å²) in [6, 6.07) is 6.28. The number of benzene rings is 1. The number of hydrogen-bond donors (Lipinski definition) is 1. The zero-order chi connectivity index (χ0) is 14.0. The highest BCUT2D eigenvalue weighted by Gasteiger charge is 2.11. The minimum atomic E-state index is 0.153. The Hall–Kier alpha value is -0.840. The van der Waals surface area contributed by atoms with Crippen molar-refractivity contribution in [1.82, 2.24) is 9.78 Å². The smallest absolute Gasteiger partial charge is 0.0819 e. The van der Waals surface area contributed by atoms with Gasteiger partial charge >= 0.3 is 0 Å². The molecule has 2 aromatic rings. The molecule has 0 spiro atoms. The van der Waals surface area contributed by atoms with E-state index in [-0.39, 0.29) is 6.04 Å². The number of aromatic nitrogens is 2. The van der Waals surface area contributed by atoms with Crippen LogP contribution in [0.1, 0.15) is 24.6 Å². The molecule has 0 saturated heterocycles. The Morgan fingerprint density at radius 2 is 2.21 bits per heavy atom. The fourth-order valence-corrected chi connectivity index (χ4v) is 2.47. The lowest BCUT2D eigenvalue weighted by Crippen LogP contribution is -2.22. The molecule has 0 amide bonds. The van der Waals surface area contributed by atoms with Gasteiger partial charge in [0.1, 0.15) is 0 Å². The largest absolute Gasteiger partial charge is 0.327 e. The third-order valence-corrected chi connectivity index (χ3v) is 4.00. The van der Waals surface area contributed by atoms with Gasteiger partial charge in [-0.25, -0.2) is 4.68 Å². The van der Waals surface area contributed by atoms with Crippen molar-refractivity contribution >= 4 is 27.5 Å². The molecule has 1 heterocycles. The quantitative estimate of drug-likeness (QED) is 0.916. The van der Waals surface area contributed by atoms with Gasteiger partial charge in [-0.3, -0.25) is 0 Å². The van der Waals surface area contributed by atoms with Crippen molar-refractivity contribution in [2.45, 2.75) is 32.7 Å². The Morgan fingerprint density at radius 3 is 2.79 bits per heavy atom. The molecule has 1 atom stereocenters. The van der Waals surface area contributed by atoms with E-state index in [1.807, 2.05) is 29.9 Å². The van der Waals surface area contributed by atoms with Gasteiger partial charge < -0.3 is 5.73 Å². The van der Waals surface area contributed by atoms with Crippen LogP contribution in [0.2, 0.25) is 5.02 Å². The summed E-state index contributed by atoms with van der Waals surface area (Å²) in [5.41, 5.74) is 9.09. The summed E-state index contributed by atoms with van der Waals surface area (Å²) < 4.78 is 2.87. The third kappa shape index (κ3) is 3.38. The second-order valence-corrected chi connectivity index (χ2v) is 5.98. The van der Waals surface area contributed by atoms with E-state index in [1.54, 1.807) is 0 Å². The van der Waals surface area contributed by atoms with Crippen molar-refractivity contribution in [3.8, 4) is 5.69 Å². The maximum atomic E-state index is 6.08. The van der Waals surface area contributed by atoms with Crippen LogP contribution < -0.4 is 5.73 Å². The molecule has 2 N–H and O–H groups in total. The van der Waals surface area contributed by atoms with E-state index in [0.29, 0.717) is 5.02 Å². The molecule has 1 unspecified atom stereocenters. The van der Waals surface area contributed by atoms with Crippen LogP contribution in [0, 0.1) is 6.92 Å². The lowest BCUT2D eigenvalue weighted by Gasteiger charge is -2.14. The summed E-state index contributed by atoms with van der Waals surface area (Å²) in [6.45, 7) is 3.99. The molecule has 0 aliphatic heterocycles. The van der Waals surface area contributed by atoms with Gasteiger partial charge in [0.2, 0.25) is 0 Å². The van der Waals surface area contributed by atoms with E-state index >= 15 is 0 Å². The number of rotatable bonds is 4. The van der Waals surface area contributed by atoms with E-state index in [0.717, 1.165) is 28.7 Å². The van der Waals surface area contributed by atoms with E-state index in [1.165, 1.54) is 5.56 Å². The highest BCUT2D eigenvalue weighted by atomic mass is 79.9. The van der Waals surface area contributed by atoms with Crippen molar-refractivity contribution < 1.29 is 0 Å². The van der Waals surface area contributed by atoms with Crippen LogP contribution in [-0.2, 0) is 6.42 Å². The molecule has 102 valence electrons. The van der Waals surface area contributed by atoms with Gasteiger partial charge in [-0.05, 0) is 43.5 Å². The van der Waals surface area contributed by atoms with Crippen LogP contribution in [0.5, 0.6) is 0 Å². The SMILES string of the molecule is CCC(N)Cc1cc(Br)ccc1-n1cc(Cl)c(C)n1. The first kappa shape index (κ1) is 14.6. The maximum Gasteiger partial charge on any atom is 0.0819 e. The molecule has 5 heteroatoms. The first-order chi connectivity index (χ1) is 9.01. The number of nitrogens with two attached hydrogens (primary N) is 1. The topological polar surface area (TPSA) is 43.8 Å². The predicted molar refractivity (Wildman–Crippen MR) is 83.0 cm³/mol. The summed E-state index contributed by atoms with van der Waals surface area (Å²) in [6.07, 6.45) is 3.60. The van der Waals surface area contributed by atoms with Gasteiger partial charge in [-0.1, -0.05) is 34.5 Å². The minimum absolute atomic E-state index is 0.153. The fourth-order valence-electron chi connectivity index (χ4n) is 1.93. The zero-order valence-electron chi connectivity index (χ0n) is 11.0. The maximum absolute atomic E-state index is 6.08.